The van der Waals surface area contributed by atoms with E-state index in [4.69, 9.17) is 12.2 Å². The van der Waals surface area contributed by atoms with E-state index < -0.39 is 20.9 Å². The number of carbonyl (C=O) groups is 1. The van der Waals surface area contributed by atoms with Gasteiger partial charge < -0.3 is 10.6 Å². The van der Waals surface area contributed by atoms with Crippen molar-refractivity contribution in [3.8, 4) is 0 Å². The van der Waals surface area contributed by atoms with Gasteiger partial charge in [-0.1, -0.05) is 24.3 Å². The summed E-state index contributed by atoms with van der Waals surface area (Å²) in [6.45, 7) is 0. The zero-order chi connectivity index (χ0) is 22.4. The molecule has 0 bridgehead atoms. The average molecular weight is 457 g/mol. The van der Waals surface area contributed by atoms with Crippen LogP contribution < -0.4 is 15.4 Å². The number of non-ortho nitro benzene ring substituents is 1. The molecule has 0 aliphatic carbocycles. The standard InChI is InChI=1S/C20H16N4O5S2/c25-19(14-5-2-1-3-6-14)23-31(28,29)18-11-9-15(10-12-18)21-20(30)22-16-7-4-8-17(13-16)24(26)27/h1-13H,(H,23,25)(H2,21,22,30). The molecule has 0 radical (unpaired) electrons. The van der Waals surface area contributed by atoms with Crippen LogP contribution in [0.25, 0.3) is 0 Å². The molecule has 9 nitrogen and oxygen atoms in total. The third-order valence-electron chi connectivity index (χ3n) is 4.00. The highest BCUT2D eigenvalue weighted by molar-refractivity contribution is 7.90. The minimum Gasteiger partial charge on any atom is -0.332 e. The Balaban J connectivity index is 1.64. The Hall–Kier alpha value is -3.83. The SMILES string of the molecule is O=C(NS(=O)(=O)c1ccc(NC(=S)Nc2cccc([N+](=O)[O-])c2)cc1)c1ccccc1. The first-order chi connectivity index (χ1) is 14.7. The van der Waals surface area contributed by atoms with E-state index in [2.05, 4.69) is 10.6 Å². The smallest absolute Gasteiger partial charge is 0.271 e. The van der Waals surface area contributed by atoms with Crippen molar-refractivity contribution >= 4 is 50.3 Å². The van der Waals surface area contributed by atoms with Gasteiger partial charge in [-0.3, -0.25) is 14.9 Å². The highest BCUT2D eigenvalue weighted by Gasteiger charge is 2.18. The predicted octanol–water partition coefficient (Wildman–Crippen LogP) is 3.52. The maximum atomic E-state index is 12.4. The molecule has 0 unspecified atom stereocenters. The lowest BCUT2D eigenvalue weighted by Gasteiger charge is -2.11. The number of thiocarbonyl (C=S) groups is 1. The van der Waals surface area contributed by atoms with E-state index in [1.54, 1.807) is 24.3 Å². The van der Waals surface area contributed by atoms with Gasteiger partial charge in [0.2, 0.25) is 0 Å². The lowest BCUT2D eigenvalue weighted by molar-refractivity contribution is -0.384. The maximum Gasteiger partial charge on any atom is 0.271 e. The van der Waals surface area contributed by atoms with Crippen LogP contribution in [0.2, 0.25) is 0 Å². The van der Waals surface area contributed by atoms with E-state index in [0.29, 0.717) is 11.4 Å². The number of hydrogen-bond acceptors (Lipinski definition) is 6. The van der Waals surface area contributed by atoms with Crippen molar-refractivity contribution in [3.05, 3.63) is 94.5 Å². The quantitative estimate of drug-likeness (QED) is 0.292. The Kier molecular flexibility index (Phi) is 6.58. The molecule has 3 rings (SSSR count). The number of amides is 1. The number of rotatable bonds is 6. The first kappa shape index (κ1) is 21.9. The molecule has 0 atom stereocenters. The van der Waals surface area contributed by atoms with Crippen LogP contribution in [0.4, 0.5) is 17.1 Å². The van der Waals surface area contributed by atoms with Crippen LogP contribution in [0.1, 0.15) is 10.4 Å². The van der Waals surface area contributed by atoms with E-state index in [1.165, 1.54) is 54.6 Å². The number of sulfonamides is 1. The summed E-state index contributed by atoms with van der Waals surface area (Å²) in [6.07, 6.45) is 0. The van der Waals surface area contributed by atoms with Gasteiger partial charge in [-0.05, 0) is 54.7 Å². The molecule has 0 spiro atoms. The number of nitrogens with zero attached hydrogens (tertiary/aromatic N) is 1. The van der Waals surface area contributed by atoms with Crippen molar-refractivity contribution in [3.63, 3.8) is 0 Å². The Morgan fingerprint density at radius 1 is 0.871 bits per heavy atom. The van der Waals surface area contributed by atoms with E-state index in [0.717, 1.165) is 0 Å². The molecule has 3 aromatic rings. The Morgan fingerprint density at radius 3 is 2.16 bits per heavy atom. The molecule has 3 aromatic carbocycles. The summed E-state index contributed by atoms with van der Waals surface area (Å²) in [5.74, 6) is -0.731. The van der Waals surface area contributed by atoms with E-state index in [9.17, 15) is 23.3 Å². The van der Waals surface area contributed by atoms with Crippen molar-refractivity contribution in [2.75, 3.05) is 10.6 Å². The zero-order valence-electron chi connectivity index (χ0n) is 15.8. The van der Waals surface area contributed by atoms with Crippen LogP contribution in [-0.4, -0.2) is 24.4 Å². The van der Waals surface area contributed by atoms with Crippen molar-refractivity contribution in [2.45, 2.75) is 4.90 Å². The van der Waals surface area contributed by atoms with E-state index in [-0.39, 0.29) is 21.3 Å². The van der Waals surface area contributed by atoms with Gasteiger partial charge in [0.1, 0.15) is 0 Å². The fourth-order valence-corrected chi connectivity index (χ4v) is 3.75. The molecule has 158 valence electrons. The van der Waals surface area contributed by atoms with Gasteiger partial charge in [0.05, 0.1) is 9.82 Å². The van der Waals surface area contributed by atoms with Crippen molar-refractivity contribution < 1.29 is 18.1 Å². The van der Waals surface area contributed by atoms with E-state index >= 15 is 0 Å². The van der Waals surface area contributed by atoms with Gasteiger partial charge in [-0.2, -0.15) is 0 Å². The largest absolute Gasteiger partial charge is 0.332 e. The number of carbonyl (C=O) groups excluding carboxylic acids is 1. The molecule has 0 aromatic heterocycles. The normalized spacial score (nSPS) is 10.7. The molecule has 0 fully saturated rings. The summed E-state index contributed by atoms with van der Waals surface area (Å²) in [4.78, 5) is 22.3. The van der Waals surface area contributed by atoms with Crippen LogP contribution in [-0.2, 0) is 10.0 Å². The van der Waals surface area contributed by atoms with Gasteiger partial charge in [0.25, 0.3) is 21.6 Å². The number of nitrogens with one attached hydrogen (secondary N) is 3. The lowest BCUT2D eigenvalue weighted by Crippen LogP contribution is -2.30. The number of nitro groups is 1. The number of nitro benzene ring substituents is 1. The fourth-order valence-electron chi connectivity index (χ4n) is 2.54. The van der Waals surface area contributed by atoms with E-state index in [1.807, 2.05) is 4.72 Å². The summed E-state index contributed by atoms with van der Waals surface area (Å²) in [6, 6.07) is 19.4. The van der Waals surface area contributed by atoms with Crippen LogP contribution >= 0.6 is 12.2 Å². The second kappa shape index (κ2) is 9.32. The third-order valence-corrected chi connectivity index (χ3v) is 5.55. The Morgan fingerprint density at radius 2 is 1.52 bits per heavy atom. The maximum absolute atomic E-state index is 12.4. The second-order valence-corrected chi connectivity index (χ2v) is 8.30. The van der Waals surface area contributed by atoms with Gasteiger partial charge in [0.15, 0.2) is 5.11 Å². The first-order valence-corrected chi connectivity index (χ1v) is 10.7. The summed E-state index contributed by atoms with van der Waals surface area (Å²) in [5.41, 5.74) is 1.05. The molecule has 1 amide bonds. The number of anilines is 2. The molecule has 3 N–H and O–H groups in total. The molecule has 0 saturated heterocycles. The van der Waals surface area contributed by atoms with Crippen LogP contribution in [0.15, 0.2) is 83.8 Å². The summed E-state index contributed by atoms with van der Waals surface area (Å²) in [5, 5.41) is 16.7. The average Bonchev–Trinajstić information content (AvgIpc) is 2.74. The highest BCUT2D eigenvalue weighted by Crippen LogP contribution is 2.18. The summed E-state index contributed by atoms with van der Waals surface area (Å²) >= 11 is 5.18. The molecular formula is C20H16N4O5S2. The second-order valence-electron chi connectivity index (χ2n) is 6.21. The molecular weight excluding hydrogens is 440 g/mol. The van der Waals surface area contributed by atoms with Crippen molar-refractivity contribution in [1.82, 2.24) is 4.72 Å². The fraction of sp³-hybridized carbons (Fsp3) is 0. The first-order valence-electron chi connectivity index (χ1n) is 8.79. The topological polar surface area (TPSA) is 130 Å². The third kappa shape index (κ3) is 5.84. The number of hydrogen-bond donors (Lipinski definition) is 3. The number of benzene rings is 3. The van der Waals surface area contributed by atoms with Crippen LogP contribution in [0, 0.1) is 10.1 Å². The van der Waals surface area contributed by atoms with Crippen molar-refractivity contribution in [1.29, 1.82) is 0 Å². The van der Waals surface area contributed by atoms with Gasteiger partial charge in [-0.15, -0.1) is 0 Å². The molecule has 0 aliphatic rings. The summed E-state index contributed by atoms with van der Waals surface area (Å²) in [7, 11) is -4.05. The highest BCUT2D eigenvalue weighted by atomic mass is 32.2. The van der Waals surface area contributed by atoms with Crippen LogP contribution in [0.5, 0.6) is 0 Å². The lowest BCUT2D eigenvalue weighted by atomic mass is 10.2. The molecule has 0 heterocycles. The van der Waals surface area contributed by atoms with Gasteiger partial charge in [0, 0.05) is 29.1 Å². The van der Waals surface area contributed by atoms with Gasteiger partial charge in [-0.25, -0.2) is 13.1 Å². The zero-order valence-corrected chi connectivity index (χ0v) is 17.4. The monoisotopic (exact) mass is 456 g/mol. The Bertz CT molecular complexity index is 1230. The van der Waals surface area contributed by atoms with Gasteiger partial charge >= 0.3 is 0 Å². The molecule has 0 saturated carbocycles. The Labute approximate surface area is 183 Å². The summed E-state index contributed by atoms with van der Waals surface area (Å²) < 4.78 is 26.9. The minimum atomic E-state index is -4.05. The minimum absolute atomic E-state index is 0.0834. The molecule has 0 aliphatic heterocycles. The van der Waals surface area contributed by atoms with Crippen molar-refractivity contribution in [2.24, 2.45) is 0 Å². The molecule has 31 heavy (non-hydrogen) atoms. The van der Waals surface area contributed by atoms with Crippen LogP contribution in [0.3, 0.4) is 0 Å². The molecule has 11 heteroatoms. The predicted molar refractivity (Wildman–Crippen MR) is 120 cm³/mol.